The summed E-state index contributed by atoms with van der Waals surface area (Å²) in [4.78, 5) is 49.5. The van der Waals surface area contributed by atoms with Crippen molar-refractivity contribution in [1.29, 1.82) is 0 Å². The number of pyridine rings is 1. The highest BCUT2D eigenvalue weighted by Gasteiger charge is 2.36. The molecule has 0 atom stereocenters. The van der Waals surface area contributed by atoms with Gasteiger partial charge in [-0.3, -0.25) is 14.5 Å². The fraction of sp³-hybridized carbons (Fsp3) is 0.409. The summed E-state index contributed by atoms with van der Waals surface area (Å²) >= 11 is 0. The van der Waals surface area contributed by atoms with Gasteiger partial charge in [-0.2, -0.15) is 13.2 Å². The van der Waals surface area contributed by atoms with Crippen LogP contribution in [0, 0.1) is 11.8 Å². The first-order valence-electron chi connectivity index (χ1n) is 19.2. The number of imide groups is 1. The average molecular weight is 783 g/mol. The number of ketones is 1. The van der Waals surface area contributed by atoms with Crippen LogP contribution in [-0.4, -0.2) is 94.0 Å². The molecule has 0 bridgehead atoms. The first-order valence-corrected chi connectivity index (χ1v) is 19.2. The molecule has 1 saturated heterocycles. The molecule has 13 heteroatoms. The number of alkyl halides is 3. The Labute approximate surface area is 332 Å². The molecule has 57 heavy (non-hydrogen) atoms. The molecule has 0 saturated carbocycles. The number of carbonyl (C=O) groups excluding carboxylic acids is 3. The second kappa shape index (κ2) is 17.0. The predicted octanol–water partition coefficient (Wildman–Crippen LogP) is 6.97. The standard InChI is InChI=1S/C44H49F3N6O4/c1-7-51-17-19-52(20-18-51)28-33-14-12-31(24-37(33)44(45,46)47)23-34(54)22-30-10-8-9-29(21-30)11-13-32-27-49-40(48-5)26-35(32)39-25-36-38(50(39)6)15-16-53(41(36)55)42(56)57-43(2,3)4/h8-10,12,14,21,24-27H,7,15-20,22-23,28H2,1-6H3,(H,48,49). The minimum atomic E-state index is -4.53. The second-order valence-electron chi connectivity index (χ2n) is 15.5. The number of likely N-dealkylation sites (N-methyl/N-ethyl adjacent to an activating group) is 1. The van der Waals surface area contributed by atoms with Crippen LogP contribution in [0.25, 0.3) is 11.3 Å². The number of anilines is 1. The molecule has 2 aromatic carbocycles. The molecule has 1 N–H and O–H groups in total. The molecule has 300 valence electrons. The SMILES string of the molecule is CCN1CCN(Cc2ccc(CC(=O)Cc3cccc(C#Cc4cnc(NC)cc4-c4cc5c(n4C)CCN(C(=O)OC(C)(C)C)C5=O)c3)cc2C(F)(F)F)CC1. The fourth-order valence-electron chi connectivity index (χ4n) is 7.30. The summed E-state index contributed by atoms with van der Waals surface area (Å²) in [6.45, 7) is 11.8. The molecule has 0 spiro atoms. The van der Waals surface area contributed by atoms with Crippen molar-refractivity contribution in [2.45, 2.75) is 65.3 Å². The van der Waals surface area contributed by atoms with Crippen molar-refractivity contribution in [3.63, 3.8) is 0 Å². The molecular weight excluding hydrogens is 734 g/mol. The lowest BCUT2D eigenvalue weighted by Gasteiger charge is -2.34. The molecular formula is C44H49F3N6O4. The van der Waals surface area contributed by atoms with Gasteiger partial charge >= 0.3 is 12.3 Å². The monoisotopic (exact) mass is 782 g/mol. The number of nitrogens with one attached hydrogen (secondary N) is 1. The van der Waals surface area contributed by atoms with E-state index < -0.39 is 29.3 Å². The smallest absolute Gasteiger partial charge is 0.417 e. The van der Waals surface area contributed by atoms with E-state index in [0.29, 0.717) is 53.1 Å². The summed E-state index contributed by atoms with van der Waals surface area (Å²) < 4.78 is 50.0. The van der Waals surface area contributed by atoms with E-state index in [1.165, 1.54) is 6.07 Å². The zero-order valence-corrected chi connectivity index (χ0v) is 33.3. The van der Waals surface area contributed by atoms with Crippen LogP contribution in [0.3, 0.4) is 0 Å². The van der Waals surface area contributed by atoms with E-state index in [2.05, 4.69) is 34.0 Å². The van der Waals surface area contributed by atoms with Crippen molar-refractivity contribution in [3.8, 4) is 23.1 Å². The van der Waals surface area contributed by atoms with Gasteiger partial charge in [0.15, 0.2) is 0 Å². The molecule has 10 nitrogen and oxygen atoms in total. The van der Waals surface area contributed by atoms with Gasteiger partial charge in [0.2, 0.25) is 0 Å². The van der Waals surface area contributed by atoms with Crippen LogP contribution in [-0.2, 0) is 48.6 Å². The lowest BCUT2D eigenvalue weighted by molar-refractivity contribution is -0.138. The minimum Gasteiger partial charge on any atom is -0.443 e. The summed E-state index contributed by atoms with van der Waals surface area (Å²) in [5, 5.41) is 3.05. The zero-order chi connectivity index (χ0) is 41.1. The number of carbonyl (C=O) groups is 3. The normalized spacial score (nSPS) is 15.2. The lowest BCUT2D eigenvalue weighted by Crippen LogP contribution is -2.45. The van der Waals surface area contributed by atoms with Crippen LogP contribution in [0.4, 0.5) is 23.8 Å². The number of Topliss-reactive ketones (excluding diaryl/α,β-unsaturated/α-hetero) is 1. The minimum absolute atomic E-state index is 0.0350. The van der Waals surface area contributed by atoms with Gasteiger partial charge in [0.1, 0.15) is 17.2 Å². The number of rotatable bonds is 9. The van der Waals surface area contributed by atoms with Crippen molar-refractivity contribution in [2.24, 2.45) is 7.05 Å². The first-order chi connectivity index (χ1) is 27.0. The van der Waals surface area contributed by atoms with Gasteiger partial charge < -0.3 is 19.5 Å². The molecule has 0 aliphatic carbocycles. The molecule has 0 unspecified atom stereocenters. The van der Waals surface area contributed by atoms with Crippen molar-refractivity contribution in [3.05, 3.63) is 105 Å². The van der Waals surface area contributed by atoms with Gasteiger partial charge in [0, 0.05) is 95.6 Å². The number of ether oxygens (including phenoxy) is 1. The van der Waals surface area contributed by atoms with Gasteiger partial charge in [-0.15, -0.1) is 0 Å². The van der Waals surface area contributed by atoms with Gasteiger partial charge in [0.05, 0.1) is 22.4 Å². The maximum absolute atomic E-state index is 14.2. The topological polar surface area (TPSA) is 100 Å². The third-order valence-corrected chi connectivity index (χ3v) is 10.3. The molecule has 4 heterocycles. The first kappa shape index (κ1) is 41.2. The van der Waals surface area contributed by atoms with Crippen molar-refractivity contribution >= 4 is 23.6 Å². The number of halogens is 3. The lowest BCUT2D eigenvalue weighted by atomic mass is 9.97. The van der Waals surface area contributed by atoms with E-state index in [-0.39, 0.29) is 37.3 Å². The van der Waals surface area contributed by atoms with Crippen molar-refractivity contribution in [1.82, 2.24) is 24.3 Å². The highest BCUT2D eigenvalue weighted by atomic mass is 19.4. The third kappa shape index (κ3) is 9.93. The summed E-state index contributed by atoms with van der Waals surface area (Å²) in [5.41, 5.74) is 3.69. The maximum atomic E-state index is 14.2. The number of hydrogen-bond acceptors (Lipinski definition) is 8. The Morgan fingerprint density at radius 1 is 0.895 bits per heavy atom. The van der Waals surface area contributed by atoms with E-state index in [0.717, 1.165) is 47.6 Å². The molecule has 2 aliphatic heterocycles. The zero-order valence-electron chi connectivity index (χ0n) is 33.3. The van der Waals surface area contributed by atoms with Crippen LogP contribution in [0.5, 0.6) is 0 Å². The Morgan fingerprint density at radius 3 is 2.26 bits per heavy atom. The predicted molar refractivity (Wildman–Crippen MR) is 213 cm³/mol. The van der Waals surface area contributed by atoms with Crippen molar-refractivity contribution in [2.75, 3.05) is 51.6 Å². The Balaban J connectivity index is 1.18. The third-order valence-electron chi connectivity index (χ3n) is 10.3. The summed E-state index contributed by atoms with van der Waals surface area (Å²) in [6, 6.07) is 15.1. The van der Waals surface area contributed by atoms with Gasteiger partial charge in [-0.25, -0.2) is 14.7 Å². The molecule has 0 radical (unpaired) electrons. The largest absolute Gasteiger partial charge is 0.443 e. The van der Waals surface area contributed by atoms with Crippen LogP contribution in [0.1, 0.15) is 77.1 Å². The van der Waals surface area contributed by atoms with Crippen molar-refractivity contribution < 1.29 is 32.3 Å². The van der Waals surface area contributed by atoms with Crippen LogP contribution >= 0.6 is 0 Å². The molecule has 2 aliphatic rings. The van der Waals surface area contributed by atoms with Gasteiger partial charge in [-0.05, 0) is 74.3 Å². The summed E-state index contributed by atoms with van der Waals surface area (Å²) in [5.74, 6) is 6.35. The number of fused-ring (bicyclic) bond motifs is 1. The number of nitrogens with zero attached hydrogens (tertiary/aromatic N) is 5. The summed E-state index contributed by atoms with van der Waals surface area (Å²) in [6.07, 6.45) is -3.20. The summed E-state index contributed by atoms with van der Waals surface area (Å²) in [7, 11) is 3.62. The number of hydrogen-bond donors (Lipinski definition) is 1. The Bertz CT molecular complexity index is 2220. The van der Waals surface area contributed by atoms with E-state index in [9.17, 15) is 27.6 Å². The highest BCUT2D eigenvalue weighted by Crippen LogP contribution is 2.35. The van der Waals surface area contributed by atoms with E-state index in [1.807, 2.05) is 28.6 Å². The molecule has 1 fully saturated rings. The average Bonchev–Trinajstić information content (AvgIpc) is 3.50. The van der Waals surface area contributed by atoms with Crippen LogP contribution < -0.4 is 5.32 Å². The van der Waals surface area contributed by atoms with E-state index in [1.54, 1.807) is 64.3 Å². The maximum Gasteiger partial charge on any atom is 0.417 e. The fourth-order valence-corrected chi connectivity index (χ4v) is 7.30. The Kier molecular flexibility index (Phi) is 12.3. The molecule has 6 rings (SSSR count). The van der Waals surface area contributed by atoms with E-state index >= 15 is 0 Å². The second-order valence-corrected chi connectivity index (χ2v) is 15.5. The Morgan fingerprint density at radius 2 is 1.60 bits per heavy atom. The van der Waals surface area contributed by atoms with Crippen LogP contribution in [0.2, 0.25) is 0 Å². The van der Waals surface area contributed by atoms with Gasteiger partial charge in [0.25, 0.3) is 5.91 Å². The van der Waals surface area contributed by atoms with Crippen LogP contribution in [0.15, 0.2) is 60.8 Å². The molecule has 2 amide bonds. The Hall–Kier alpha value is -5.45. The number of benzene rings is 2. The number of aromatic nitrogens is 2. The van der Waals surface area contributed by atoms with E-state index in [4.69, 9.17) is 4.74 Å². The molecule has 2 aromatic heterocycles. The van der Waals surface area contributed by atoms with Gasteiger partial charge in [-0.1, -0.05) is 43.0 Å². The molecule has 4 aromatic rings. The quantitative estimate of drug-likeness (QED) is 0.182. The highest BCUT2D eigenvalue weighted by molar-refractivity contribution is 6.05. The number of amides is 2. The number of piperazine rings is 1.